The largest absolute Gasteiger partial charge is 0.497 e. The molecule has 1 aliphatic carbocycles. The number of hydrogen-bond acceptors (Lipinski definition) is 3. The van der Waals surface area contributed by atoms with Crippen molar-refractivity contribution in [2.24, 2.45) is 0 Å². The average Bonchev–Trinajstić information content (AvgIpc) is 3.23. The number of rotatable bonds is 4. The van der Waals surface area contributed by atoms with Gasteiger partial charge in [-0.25, -0.2) is 0 Å². The Hall–Kier alpha value is -2.14. The van der Waals surface area contributed by atoms with Gasteiger partial charge in [-0.3, -0.25) is 4.79 Å². The molecule has 1 heterocycles. The number of ether oxygens (including phenoxy) is 1. The number of nitrogens with zero attached hydrogens (tertiary/aromatic N) is 1. The molecule has 0 bridgehead atoms. The van der Waals surface area contributed by atoms with Gasteiger partial charge in [0.15, 0.2) is 0 Å². The fraction of sp³-hybridized carbons (Fsp3) is 0.267. The third-order valence-corrected chi connectivity index (χ3v) is 3.70. The second kappa shape index (κ2) is 5.33. The number of nitrogen functional groups attached to an aromatic ring is 1. The lowest BCUT2D eigenvalue weighted by Gasteiger charge is -2.11. The molecule has 1 aliphatic rings. The normalized spacial score (nSPS) is 14.0. The monoisotopic (exact) mass is 305 g/mol. The number of carbonyl (C=O) groups is 1. The quantitative estimate of drug-likeness (QED) is 0.851. The van der Waals surface area contributed by atoms with Crippen molar-refractivity contribution in [3.8, 4) is 5.75 Å². The van der Waals surface area contributed by atoms with E-state index in [4.69, 9.17) is 22.1 Å². The van der Waals surface area contributed by atoms with Gasteiger partial charge < -0.3 is 20.4 Å². The second-order valence-corrected chi connectivity index (χ2v) is 5.53. The lowest BCUT2D eigenvalue weighted by atomic mass is 10.2. The lowest BCUT2D eigenvalue weighted by molar-refractivity contribution is 0.101. The Morgan fingerprint density at radius 1 is 1.43 bits per heavy atom. The molecule has 21 heavy (non-hydrogen) atoms. The van der Waals surface area contributed by atoms with Crippen LogP contribution in [0.1, 0.15) is 29.4 Å². The zero-order valence-corrected chi connectivity index (χ0v) is 12.4. The highest BCUT2D eigenvalue weighted by molar-refractivity contribution is 6.31. The van der Waals surface area contributed by atoms with Gasteiger partial charge in [0.05, 0.1) is 23.5 Å². The van der Waals surface area contributed by atoms with Crippen LogP contribution in [0.15, 0.2) is 30.5 Å². The number of hydrogen-bond donors (Lipinski definition) is 2. The van der Waals surface area contributed by atoms with E-state index in [1.807, 2.05) is 4.57 Å². The van der Waals surface area contributed by atoms with Crippen molar-refractivity contribution in [3.63, 3.8) is 0 Å². The molecule has 2 aromatic rings. The third kappa shape index (κ3) is 2.83. The molecule has 6 heteroatoms. The number of nitrogens with two attached hydrogens (primary N) is 1. The molecule has 1 amide bonds. The summed E-state index contributed by atoms with van der Waals surface area (Å²) in [7, 11) is 1.56. The Balaban J connectivity index is 1.86. The van der Waals surface area contributed by atoms with Gasteiger partial charge in [0, 0.05) is 18.3 Å². The van der Waals surface area contributed by atoms with E-state index in [-0.39, 0.29) is 5.91 Å². The number of anilines is 2. The SMILES string of the molecule is COc1ccc(N)c(NC(=O)c2cc(Cl)cn2C2CC2)c1. The fourth-order valence-electron chi connectivity index (χ4n) is 2.24. The van der Waals surface area contributed by atoms with Crippen molar-refractivity contribution in [1.82, 2.24) is 4.57 Å². The van der Waals surface area contributed by atoms with Gasteiger partial charge in [0.2, 0.25) is 0 Å². The number of benzene rings is 1. The molecular weight excluding hydrogens is 290 g/mol. The van der Waals surface area contributed by atoms with E-state index in [9.17, 15) is 4.79 Å². The van der Waals surface area contributed by atoms with Gasteiger partial charge in [0.1, 0.15) is 11.4 Å². The van der Waals surface area contributed by atoms with Crippen molar-refractivity contribution in [2.75, 3.05) is 18.2 Å². The van der Waals surface area contributed by atoms with Crippen LogP contribution in [0.2, 0.25) is 5.02 Å². The zero-order valence-electron chi connectivity index (χ0n) is 11.6. The summed E-state index contributed by atoms with van der Waals surface area (Å²) in [4.78, 5) is 12.4. The Kier molecular flexibility index (Phi) is 3.51. The van der Waals surface area contributed by atoms with Crippen LogP contribution in [0.3, 0.4) is 0 Å². The summed E-state index contributed by atoms with van der Waals surface area (Å²) in [5.74, 6) is 0.406. The first-order valence-electron chi connectivity index (χ1n) is 6.70. The van der Waals surface area contributed by atoms with Gasteiger partial charge in [-0.2, -0.15) is 0 Å². The minimum atomic E-state index is -0.228. The van der Waals surface area contributed by atoms with Crippen LogP contribution in [0.4, 0.5) is 11.4 Å². The van der Waals surface area contributed by atoms with Crippen molar-refractivity contribution < 1.29 is 9.53 Å². The molecule has 1 aromatic carbocycles. The standard InChI is InChI=1S/C15H16ClN3O2/c1-21-11-4-5-12(17)13(7-11)18-15(20)14-6-9(16)8-19(14)10-2-3-10/h4-8,10H,2-3,17H2,1H3,(H,18,20). The molecule has 110 valence electrons. The Morgan fingerprint density at radius 2 is 2.19 bits per heavy atom. The summed E-state index contributed by atoms with van der Waals surface area (Å²) in [6.07, 6.45) is 3.95. The molecule has 1 aromatic heterocycles. The first kappa shape index (κ1) is 13.8. The van der Waals surface area contributed by atoms with Crippen LogP contribution >= 0.6 is 11.6 Å². The molecule has 0 aliphatic heterocycles. The molecule has 0 spiro atoms. The number of nitrogens with one attached hydrogen (secondary N) is 1. The minimum absolute atomic E-state index is 0.228. The number of carbonyl (C=O) groups excluding carboxylic acids is 1. The van der Waals surface area contributed by atoms with E-state index < -0.39 is 0 Å². The predicted octanol–water partition coefficient (Wildman–Crippen LogP) is 3.32. The Morgan fingerprint density at radius 3 is 2.86 bits per heavy atom. The van der Waals surface area contributed by atoms with Crippen LogP contribution in [0, 0.1) is 0 Å². The maximum Gasteiger partial charge on any atom is 0.272 e. The van der Waals surface area contributed by atoms with Gasteiger partial charge >= 0.3 is 0 Å². The first-order valence-corrected chi connectivity index (χ1v) is 7.08. The summed E-state index contributed by atoms with van der Waals surface area (Å²) in [5, 5.41) is 3.37. The molecule has 5 nitrogen and oxygen atoms in total. The zero-order chi connectivity index (χ0) is 15.0. The molecule has 0 saturated heterocycles. The maximum absolute atomic E-state index is 12.4. The van der Waals surface area contributed by atoms with Crippen LogP contribution in [0.25, 0.3) is 0 Å². The Bertz CT molecular complexity index is 692. The van der Waals surface area contributed by atoms with Crippen molar-refractivity contribution in [3.05, 3.63) is 41.2 Å². The van der Waals surface area contributed by atoms with Crippen LogP contribution in [-0.2, 0) is 0 Å². The fourth-order valence-corrected chi connectivity index (χ4v) is 2.45. The van der Waals surface area contributed by atoms with Crippen LogP contribution in [0.5, 0.6) is 5.75 Å². The third-order valence-electron chi connectivity index (χ3n) is 3.50. The molecule has 1 fully saturated rings. The molecule has 3 N–H and O–H groups in total. The van der Waals surface area contributed by atoms with Gasteiger partial charge in [0.25, 0.3) is 5.91 Å². The van der Waals surface area contributed by atoms with E-state index in [2.05, 4.69) is 5.32 Å². The number of aromatic nitrogens is 1. The first-order chi connectivity index (χ1) is 10.1. The second-order valence-electron chi connectivity index (χ2n) is 5.09. The van der Waals surface area contributed by atoms with E-state index in [1.54, 1.807) is 37.6 Å². The van der Waals surface area contributed by atoms with E-state index in [0.29, 0.717) is 33.9 Å². The molecule has 0 unspecified atom stereocenters. The van der Waals surface area contributed by atoms with Crippen molar-refractivity contribution in [2.45, 2.75) is 18.9 Å². The smallest absolute Gasteiger partial charge is 0.272 e. The molecule has 0 radical (unpaired) electrons. The van der Waals surface area contributed by atoms with E-state index in [0.717, 1.165) is 12.8 Å². The summed E-state index contributed by atoms with van der Waals surface area (Å²) in [6, 6.07) is 7.18. The van der Waals surface area contributed by atoms with Crippen LogP contribution in [-0.4, -0.2) is 17.6 Å². The predicted molar refractivity (Wildman–Crippen MR) is 83.1 cm³/mol. The number of methoxy groups -OCH3 is 1. The average molecular weight is 306 g/mol. The Labute approximate surface area is 127 Å². The van der Waals surface area contributed by atoms with Gasteiger partial charge in [-0.1, -0.05) is 11.6 Å². The lowest BCUT2D eigenvalue weighted by Crippen LogP contribution is -2.17. The summed E-state index contributed by atoms with van der Waals surface area (Å²) >= 11 is 6.02. The highest BCUT2D eigenvalue weighted by atomic mass is 35.5. The molecule has 3 rings (SSSR count). The van der Waals surface area contributed by atoms with Crippen LogP contribution < -0.4 is 15.8 Å². The highest BCUT2D eigenvalue weighted by Gasteiger charge is 2.28. The summed E-state index contributed by atoms with van der Waals surface area (Å²) in [6.45, 7) is 0. The minimum Gasteiger partial charge on any atom is -0.497 e. The van der Waals surface area contributed by atoms with Gasteiger partial charge in [-0.15, -0.1) is 0 Å². The number of halogens is 1. The molecule has 1 saturated carbocycles. The molecule has 0 atom stereocenters. The highest BCUT2D eigenvalue weighted by Crippen LogP contribution is 2.37. The molecular formula is C15H16ClN3O2. The maximum atomic E-state index is 12.4. The topological polar surface area (TPSA) is 69.3 Å². The van der Waals surface area contributed by atoms with Crippen molar-refractivity contribution >= 4 is 28.9 Å². The van der Waals surface area contributed by atoms with E-state index >= 15 is 0 Å². The number of amides is 1. The van der Waals surface area contributed by atoms with Gasteiger partial charge in [-0.05, 0) is 31.0 Å². The summed E-state index contributed by atoms with van der Waals surface area (Å²) in [5.41, 5.74) is 7.44. The van der Waals surface area contributed by atoms with Crippen molar-refractivity contribution in [1.29, 1.82) is 0 Å². The van der Waals surface area contributed by atoms with E-state index in [1.165, 1.54) is 0 Å². The summed E-state index contributed by atoms with van der Waals surface area (Å²) < 4.78 is 7.06.